The predicted octanol–water partition coefficient (Wildman–Crippen LogP) is 6.74. The first-order valence-corrected chi connectivity index (χ1v) is 15.5. The molecule has 3 N–H and O–H groups in total. The van der Waals surface area contributed by atoms with Crippen molar-refractivity contribution in [2.45, 2.75) is 17.1 Å². The summed E-state index contributed by atoms with van der Waals surface area (Å²) in [5.74, 6) is -0.579. The third kappa shape index (κ3) is 8.65. The number of hydrogen-bond acceptors (Lipinski definition) is 8. The van der Waals surface area contributed by atoms with Crippen LogP contribution in [0.3, 0.4) is 0 Å². The maximum absolute atomic E-state index is 13.6. The van der Waals surface area contributed by atoms with Gasteiger partial charge in [0.1, 0.15) is 21.7 Å². The molecular weight excluding hydrogens is 607 g/mol. The number of carbonyl (C=O) groups is 3. The minimum Gasteiger partial charge on any atom is -0.497 e. The van der Waals surface area contributed by atoms with Crippen molar-refractivity contribution in [3.63, 3.8) is 0 Å². The van der Waals surface area contributed by atoms with Crippen LogP contribution in [0, 0.1) is 6.92 Å². The Morgan fingerprint density at radius 3 is 2.29 bits per heavy atom. The molecule has 5 rings (SSSR count). The minimum atomic E-state index is -0.602. The SMILES string of the molecule is COc1cccc(/C=C(\NC(=O)c2ccccc2)C(=O)Nc2cccc(SC(C(=O)Nc3nnc(C)s3)c3ccccc3)c2)c1. The molecule has 1 unspecified atom stereocenters. The van der Waals surface area contributed by atoms with E-state index in [2.05, 4.69) is 26.1 Å². The van der Waals surface area contributed by atoms with Crippen LogP contribution in [0.15, 0.2) is 120 Å². The normalized spacial score (nSPS) is 11.7. The number of aromatic nitrogens is 2. The third-order valence-electron chi connectivity index (χ3n) is 6.38. The van der Waals surface area contributed by atoms with Gasteiger partial charge in [0, 0.05) is 16.1 Å². The van der Waals surface area contributed by atoms with Gasteiger partial charge >= 0.3 is 0 Å². The highest BCUT2D eigenvalue weighted by atomic mass is 32.2. The Kier molecular flexibility index (Phi) is 10.4. The van der Waals surface area contributed by atoms with Gasteiger partial charge in [0.2, 0.25) is 11.0 Å². The Morgan fingerprint density at radius 2 is 1.58 bits per heavy atom. The largest absolute Gasteiger partial charge is 0.497 e. The molecule has 45 heavy (non-hydrogen) atoms. The number of anilines is 2. The van der Waals surface area contributed by atoms with Gasteiger partial charge in [0.25, 0.3) is 11.8 Å². The van der Waals surface area contributed by atoms with Crippen molar-refractivity contribution in [1.29, 1.82) is 0 Å². The quantitative estimate of drug-likeness (QED) is 0.109. The molecule has 1 atom stereocenters. The molecule has 0 aliphatic rings. The van der Waals surface area contributed by atoms with Crippen LogP contribution in [0.25, 0.3) is 6.08 Å². The number of methoxy groups -OCH3 is 1. The summed E-state index contributed by atoms with van der Waals surface area (Å²) in [7, 11) is 1.56. The number of thioether (sulfide) groups is 1. The molecule has 0 spiro atoms. The van der Waals surface area contributed by atoms with E-state index in [1.807, 2.05) is 49.4 Å². The van der Waals surface area contributed by atoms with E-state index in [0.29, 0.717) is 27.7 Å². The van der Waals surface area contributed by atoms with Crippen LogP contribution >= 0.6 is 23.1 Å². The van der Waals surface area contributed by atoms with Gasteiger partial charge in [0.15, 0.2) is 0 Å². The van der Waals surface area contributed by atoms with E-state index in [1.165, 1.54) is 23.1 Å². The molecule has 0 saturated heterocycles. The average Bonchev–Trinajstić information content (AvgIpc) is 3.48. The number of carbonyl (C=O) groups excluding carboxylic acids is 3. The number of amides is 3. The van der Waals surface area contributed by atoms with Gasteiger partial charge < -0.3 is 15.4 Å². The monoisotopic (exact) mass is 635 g/mol. The number of rotatable bonds is 11. The fraction of sp³-hybridized carbons (Fsp3) is 0.0882. The lowest BCUT2D eigenvalue weighted by Crippen LogP contribution is -2.30. The summed E-state index contributed by atoms with van der Waals surface area (Å²) in [6, 6.07) is 32.4. The van der Waals surface area contributed by atoms with Crippen molar-refractivity contribution < 1.29 is 19.1 Å². The van der Waals surface area contributed by atoms with Gasteiger partial charge in [-0.1, -0.05) is 78.1 Å². The molecule has 0 fully saturated rings. The number of nitrogens with one attached hydrogen (secondary N) is 3. The Hall–Kier alpha value is -5.26. The zero-order valence-corrected chi connectivity index (χ0v) is 26.0. The summed E-state index contributed by atoms with van der Waals surface area (Å²) in [6.45, 7) is 1.82. The predicted molar refractivity (Wildman–Crippen MR) is 178 cm³/mol. The summed E-state index contributed by atoms with van der Waals surface area (Å²) in [6.07, 6.45) is 1.59. The molecule has 11 heteroatoms. The van der Waals surface area contributed by atoms with Crippen LogP contribution in [0.2, 0.25) is 0 Å². The molecule has 4 aromatic carbocycles. The molecule has 0 saturated carbocycles. The standard InChI is InChI=1S/C34H29N5O4S2/c1-22-38-39-34(44-22)37-33(42)30(24-12-5-3-6-13-24)45-28-18-10-16-26(21-28)35-32(41)29(20-23-11-9-17-27(19-23)43-2)36-31(40)25-14-7-4-8-15-25/h3-21,30H,1-2H3,(H,35,41)(H,36,40)(H,37,39,42)/b29-20-. The Balaban J connectivity index is 1.38. The van der Waals surface area contributed by atoms with E-state index < -0.39 is 17.1 Å². The molecule has 3 amide bonds. The fourth-order valence-electron chi connectivity index (χ4n) is 4.24. The van der Waals surface area contributed by atoms with Gasteiger partial charge in [-0.3, -0.25) is 19.7 Å². The molecule has 226 valence electrons. The molecule has 1 aromatic heterocycles. The molecular formula is C34H29N5O4S2. The van der Waals surface area contributed by atoms with Gasteiger partial charge in [-0.15, -0.1) is 22.0 Å². The number of aryl methyl sites for hydroxylation is 1. The summed E-state index contributed by atoms with van der Waals surface area (Å²) in [4.78, 5) is 40.8. The van der Waals surface area contributed by atoms with E-state index in [9.17, 15) is 14.4 Å². The number of benzene rings is 4. The molecule has 5 aromatic rings. The third-order valence-corrected chi connectivity index (χ3v) is 8.38. The van der Waals surface area contributed by atoms with Crippen molar-refractivity contribution in [3.8, 4) is 5.75 Å². The van der Waals surface area contributed by atoms with Crippen LogP contribution < -0.4 is 20.7 Å². The smallest absolute Gasteiger partial charge is 0.272 e. The second-order valence-corrected chi connectivity index (χ2v) is 12.0. The highest BCUT2D eigenvalue weighted by Gasteiger charge is 2.24. The molecule has 1 heterocycles. The first-order chi connectivity index (χ1) is 21.9. The molecule has 0 radical (unpaired) electrons. The zero-order chi connectivity index (χ0) is 31.6. The maximum atomic E-state index is 13.6. The van der Waals surface area contributed by atoms with Gasteiger partial charge in [-0.25, -0.2) is 0 Å². The average molecular weight is 636 g/mol. The van der Waals surface area contributed by atoms with Crippen molar-refractivity contribution in [3.05, 3.63) is 137 Å². The fourth-order valence-corrected chi connectivity index (χ4v) is 5.92. The molecule has 9 nitrogen and oxygen atoms in total. The van der Waals surface area contributed by atoms with Crippen molar-refractivity contribution in [2.24, 2.45) is 0 Å². The number of ether oxygens (including phenoxy) is 1. The van der Waals surface area contributed by atoms with Crippen LogP contribution in [-0.4, -0.2) is 35.0 Å². The van der Waals surface area contributed by atoms with Gasteiger partial charge in [-0.2, -0.15) is 0 Å². The first-order valence-electron chi connectivity index (χ1n) is 13.8. The molecule has 0 bridgehead atoms. The lowest BCUT2D eigenvalue weighted by molar-refractivity contribution is -0.116. The first kappa shape index (κ1) is 31.2. The van der Waals surface area contributed by atoms with Crippen LogP contribution in [0.1, 0.15) is 31.7 Å². The molecule has 0 aliphatic carbocycles. The maximum Gasteiger partial charge on any atom is 0.272 e. The van der Waals surface area contributed by atoms with E-state index in [4.69, 9.17) is 4.74 Å². The van der Waals surface area contributed by atoms with E-state index >= 15 is 0 Å². The summed E-state index contributed by atoms with van der Waals surface area (Å²) in [5.41, 5.74) is 2.42. The number of nitrogens with zero attached hydrogens (tertiary/aromatic N) is 2. The van der Waals surface area contributed by atoms with Crippen LogP contribution in [0.4, 0.5) is 10.8 Å². The van der Waals surface area contributed by atoms with Crippen molar-refractivity contribution >= 4 is 57.7 Å². The van der Waals surface area contributed by atoms with E-state index in [-0.39, 0.29) is 11.6 Å². The second kappa shape index (κ2) is 15.0. The van der Waals surface area contributed by atoms with Crippen molar-refractivity contribution in [1.82, 2.24) is 15.5 Å². The van der Waals surface area contributed by atoms with Crippen molar-refractivity contribution in [2.75, 3.05) is 17.7 Å². The zero-order valence-electron chi connectivity index (χ0n) is 24.4. The van der Waals surface area contributed by atoms with E-state index in [1.54, 1.807) is 79.9 Å². The highest BCUT2D eigenvalue weighted by molar-refractivity contribution is 8.00. The van der Waals surface area contributed by atoms with Gasteiger partial charge in [0.05, 0.1) is 7.11 Å². The summed E-state index contributed by atoms with van der Waals surface area (Å²) < 4.78 is 5.32. The second-order valence-electron chi connectivity index (χ2n) is 9.66. The van der Waals surface area contributed by atoms with E-state index in [0.717, 1.165) is 15.5 Å². The minimum absolute atomic E-state index is 0.0454. The lowest BCUT2D eigenvalue weighted by atomic mass is 10.1. The summed E-state index contributed by atoms with van der Waals surface area (Å²) >= 11 is 2.63. The van der Waals surface area contributed by atoms with Crippen LogP contribution in [-0.2, 0) is 9.59 Å². The number of hydrogen-bond donors (Lipinski definition) is 3. The summed E-state index contributed by atoms with van der Waals surface area (Å²) in [5, 5.41) is 17.1. The highest BCUT2D eigenvalue weighted by Crippen LogP contribution is 2.37. The Bertz CT molecular complexity index is 1830. The lowest BCUT2D eigenvalue weighted by Gasteiger charge is -2.17. The topological polar surface area (TPSA) is 122 Å². The van der Waals surface area contributed by atoms with Gasteiger partial charge in [-0.05, 0) is 66.6 Å². The van der Waals surface area contributed by atoms with Crippen LogP contribution in [0.5, 0.6) is 5.75 Å². The molecule has 0 aliphatic heterocycles. The Morgan fingerprint density at radius 1 is 0.844 bits per heavy atom. The Labute approximate surface area is 268 Å².